The number of benzene rings is 2. The Hall–Kier alpha value is -3.22. The number of amides is 2. The zero-order valence-corrected chi connectivity index (χ0v) is 14.2. The zero-order valence-electron chi connectivity index (χ0n) is 14.2. The molecule has 0 radical (unpaired) electrons. The molecule has 3 aromatic rings. The van der Waals surface area contributed by atoms with Gasteiger partial charge < -0.3 is 10.2 Å². The van der Waals surface area contributed by atoms with Crippen LogP contribution < -0.4 is 5.32 Å². The zero-order chi connectivity index (χ0) is 17.9. The molecule has 1 atom stereocenters. The number of fused-ring (bicyclic) bond motifs is 1. The quantitative estimate of drug-likeness (QED) is 0.754. The highest BCUT2D eigenvalue weighted by Gasteiger charge is 2.30. The number of hydrogen-bond donors (Lipinski definition) is 1. The summed E-state index contributed by atoms with van der Waals surface area (Å²) < 4.78 is 0. The molecule has 7 nitrogen and oxygen atoms in total. The maximum Gasteiger partial charge on any atom is 0.243 e. The number of carbonyl (C=O) groups excluding carboxylic acids is 2. The third-order valence-corrected chi connectivity index (χ3v) is 4.41. The van der Waals surface area contributed by atoms with Crippen molar-refractivity contribution >= 4 is 22.8 Å². The van der Waals surface area contributed by atoms with E-state index in [9.17, 15) is 9.59 Å². The first-order valence-corrected chi connectivity index (χ1v) is 8.58. The van der Waals surface area contributed by atoms with Crippen molar-refractivity contribution in [1.82, 2.24) is 25.2 Å². The molecule has 7 heteroatoms. The summed E-state index contributed by atoms with van der Waals surface area (Å²) in [5.41, 5.74) is 2.59. The third kappa shape index (κ3) is 3.56. The van der Waals surface area contributed by atoms with Crippen molar-refractivity contribution in [3.8, 4) is 0 Å². The largest absolute Gasteiger partial charge is 0.349 e. The second-order valence-electron chi connectivity index (χ2n) is 6.45. The summed E-state index contributed by atoms with van der Waals surface area (Å²) in [4.78, 5) is 27.6. The van der Waals surface area contributed by atoms with Gasteiger partial charge in [0.25, 0.3) is 0 Å². The molecule has 1 N–H and O–H groups in total. The van der Waals surface area contributed by atoms with E-state index in [-0.39, 0.29) is 24.4 Å². The molecule has 0 aliphatic carbocycles. The monoisotopic (exact) mass is 349 g/mol. The van der Waals surface area contributed by atoms with E-state index in [1.165, 1.54) is 4.80 Å². The molecule has 132 valence electrons. The molecule has 1 fully saturated rings. The summed E-state index contributed by atoms with van der Waals surface area (Å²) in [6.45, 7) is 1.13. The minimum Gasteiger partial charge on any atom is -0.349 e. The second-order valence-corrected chi connectivity index (χ2v) is 6.45. The standard InChI is InChI=1S/C19H19N5O2/c25-18(13-24-21-16-8-4-5-9-17(16)22-24)20-15-10-19(26)23(12-15)11-14-6-2-1-3-7-14/h1-9,15H,10-13H2,(H,20,25)/t15-/m0/s1. The van der Waals surface area contributed by atoms with Crippen molar-refractivity contribution in [2.75, 3.05) is 6.54 Å². The van der Waals surface area contributed by atoms with Gasteiger partial charge in [-0.05, 0) is 17.7 Å². The summed E-state index contributed by atoms with van der Waals surface area (Å²) in [6.07, 6.45) is 0.326. The molecular formula is C19H19N5O2. The second kappa shape index (κ2) is 6.95. The molecule has 1 aromatic heterocycles. The number of carbonyl (C=O) groups is 2. The highest BCUT2D eigenvalue weighted by Crippen LogP contribution is 2.15. The van der Waals surface area contributed by atoms with Gasteiger partial charge in [-0.1, -0.05) is 42.5 Å². The van der Waals surface area contributed by atoms with Gasteiger partial charge in [0, 0.05) is 19.5 Å². The van der Waals surface area contributed by atoms with Gasteiger partial charge in [0.2, 0.25) is 11.8 Å². The highest BCUT2D eigenvalue weighted by atomic mass is 16.2. The van der Waals surface area contributed by atoms with Crippen LogP contribution in [0.1, 0.15) is 12.0 Å². The van der Waals surface area contributed by atoms with E-state index in [2.05, 4.69) is 15.5 Å². The van der Waals surface area contributed by atoms with Crippen LogP contribution in [0.3, 0.4) is 0 Å². The van der Waals surface area contributed by atoms with Crippen LogP contribution >= 0.6 is 0 Å². The van der Waals surface area contributed by atoms with Crippen LogP contribution in [-0.2, 0) is 22.7 Å². The number of nitrogens with zero attached hydrogens (tertiary/aromatic N) is 4. The fraction of sp³-hybridized carbons (Fsp3) is 0.263. The average Bonchev–Trinajstić information content (AvgIpc) is 3.18. The van der Waals surface area contributed by atoms with E-state index >= 15 is 0 Å². The number of aromatic nitrogens is 3. The topological polar surface area (TPSA) is 80.1 Å². The summed E-state index contributed by atoms with van der Waals surface area (Å²) in [6, 6.07) is 17.1. The first kappa shape index (κ1) is 16.3. The van der Waals surface area contributed by atoms with E-state index in [0.717, 1.165) is 16.6 Å². The maximum absolute atomic E-state index is 12.3. The summed E-state index contributed by atoms with van der Waals surface area (Å²) in [5, 5.41) is 11.5. The Kier molecular flexibility index (Phi) is 4.35. The van der Waals surface area contributed by atoms with E-state index in [1.807, 2.05) is 54.6 Å². The summed E-state index contributed by atoms with van der Waals surface area (Å²) in [5.74, 6) is -0.133. The Labute approximate surface area is 150 Å². The summed E-state index contributed by atoms with van der Waals surface area (Å²) >= 11 is 0. The van der Waals surface area contributed by atoms with Crippen molar-refractivity contribution in [1.29, 1.82) is 0 Å². The minimum absolute atomic E-state index is 0.0397. The number of nitrogens with one attached hydrogen (secondary N) is 1. The Morgan fingerprint density at radius 1 is 1.04 bits per heavy atom. The van der Waals surface area contributed by atoms with Crippen LogP contribution in [0.15, 0.2) is 54.6 Å². The van der Waals surface area contributed by atoms with Crippen molar-refractivity contribution in [2.45, 2.75) is 25.6 Å². The predicted molar refractivity (Wildman–Crippen MR) is 95.9 cm³/mol. The fourth-order valence-electron chi connectivity index (χ4n) is 3.20. The van der Waals surface area contributed by atoms with E-state index in [4.69, 9.17) is 0 Å². The molecule has 0 bridgehead atoms. The molecule has 1 aliphatic rings. The van der Waals surface area contributed by atoms with Crippen molar-refractivity contribution in [2.24, 2.45) is 0 Å². The van der Waals surface area contributed by atoms with Gasteiger partial charge in [0.1, 0.15) is 17.6 Å². The van der Waals surface area contributed by atoms with Gasteiger partial charge in [0.05, 0.1) is 6.04 Å². The predicted octanol–water partition coefficient (Wildman–Crippen LogP) is 1.35. The third-order valence-electron chi connectivity index (χ3n) is 4.41. The lowest BCUT2D eigenvalue weighted by molar-refractivity contribution is -0.128. The first-order valence-electron chi connectivity index (χ1n) is 8.58. The maximum atomic E-state index is 12.3. The van der Waals surface area contributed by atoms with Gasteiger partial charge in [-0.15, -0.1) is 0 Å². The molecule has 4 rings (SSSR count). The fourth-order valence-corrected chi connectivity index (χ4v) is 3.20. The highest BCUT2D eigenvalue weighted by molar-refractivity contribution is 5.82. The molecule has 2 heterocycles. The molecule has 2 amide bonds. The molecule has 26 heavy (non-hydrogen) atoms. The molecule has 0 unspecified atom stereocenters. The molecule has 0 spiro atoms. The van der Waals surface area contributed by atoms with Gasteiger partial charge in [-0.25, -0.2) is 0 Å². The Bertz CT molecular complexity index is 904. The normalized spacial score (nSPS) is 17.0. The minimum atomic E-state index is -0.190. The Morgan fingerprint density at radius 3 is 2.38 bits per heavy atom. The van der Waals surface area contributed by atoms with Crippen molar-refractivity contribution in [3.05, 3.63) is 60.2 Å². The SMILES string of the molecule is O=C(Cn1nc2ccccc2n1)N[C@H]1CC(=O)N(Cc2ccccc2)C1. The molecule has 1 saturated heterocycles. The van der Waals surface area contributed by atoms with Gasteiger partial charge in [-0.2, -0.15) is 15.0 Å². The molecule has 2 aromatic carbocycles. The van der Waals surface area contributed by atoms with Gasteiger partial charge in [-0.3, -0.25) is 9.59 Å². The average molecular weight is 349 g/mol. The smallest absolute Gasteiger partial charge is 0.243 e. The van der Waals surface area contributed by atoms with Crippen molar-refractivity contribution in [3.63, 3.8) is 0 Å². The first-order chi connectivity index (χ1) is 12.7. The number of hydrogen-bond acceptors (Lipinski definition) is 4. The number of rotatable bonds is 5. The molecule has 1 aliphatic heterocycles. The summed E-state index contributed by atoms with van der Waals surface area (Å²) in [7, 11) is 0. The van der Waals surface area contributed by atoms with E-state index < -0.39 is 0 Å². The van der Waals surface area contributed by atoms with Crippen LogP contribution in [-0.4, -0.2) is 44.3 Å². The van der Waals surface area contributed by atoms with Crippen LogP contribution in [0.2, 0.25) is 0 Å². The van der Waals surface area contributed by atoms with Gasteiger partial charge in [0.15, 0.2) is 0 Å². The van der Waals surface area contributed by atoms with Gasteiger partial charge >= 0.3 is 0 Å². The van der Waals surface area contributed by atoms with E-state index in [1.54, 1.807) is 4.90 Å². The molecule has 0 saturated carbocycles. The lowest BCUT2D eigenvalue weighted by Crippen LogP contribution is -2.39. The van der Waals surface area contributed by atoms with Crippen molar-refractivity contribution < 1.29 is 9.59 Å². The van der Waals surface area contributed by atoms with Crippen LogP contribution in [0.25, 0.3) is 11.0 Å². The van der Waals surface area contributed by atoms with Crippen LogP contribution in [0, 0.1) is 0 Å². The number of likely N-dealkylation sites (tertiary alicyclic amines) is 1. The van der Waals surface area contributed by atoms with Crippen LogP contribution in [0.5, 0.6) is 0 Å². The Balaban J connectivity index is 1.34. The van der Waals surface area contributed by atoms with E-state index in [0.29, 0.717) is 19.5 Å². The van der Waals surface area contributed by atoms with Crippen LogP contribution in [0.4, 0.5) is 0 Å². The molecular weight excluding hydrogens is 330 g/mol. The lowest BCUT2D eigenvalue weighted by atomic mass is 10.2. The Morgan fingerprint density at radius 2 is 1.69 bits per heavy atom. The lowest BCUT2D eigenvalue weighted by Gasteiger charge is -2.17.